The summed E-state index contributed by atoms with van der Waals surface area (Å²) < 4.78 is 2.23. The molecule has 17 heavy (non-hydrogen) atoms. The van der Waals surface area contributed by atoms with Crippen LogP contribution < -0.4 is 10.6 Å². The lowest BCUT2D eigenvalue weighted by Gasteiger charge is -2.16. The molecule has 1 aromatic rings. The van der Waals surface area contributed by atoms with E-state index in [0.29, 0.717) is 6.04 Å². The molecule has 0 aromatic heterocycles. The van der Waals surface area contributed by atoms with E-state index in [9.17, 15) is 0 Å². The number of thiocarbonyl (C=S) groups is 1. The molecule has 2 rings (SSSR count). The fourth-order valence-electron chi connectivity index (χ4n) is 2.01. The van der Waals surface area contributed by atoms with Crippen molar-refractivity contribution < 1.29 is 0 Å². The summed E-state index contributed by atoms with van der Waals surface area (Å²) >= 11 is 11.1. The van der Waals surface area contributed by atoms with Crippen LogP contribution in [0.5, 0.6) is 0 Å². The average molecular weight is 425 g/mol. The Hall–Kier alpha value is 0.120. The van der Waals surface area contributed by atoms with E-state index in [-0.39, 0.29) is 0 Å². The normalized spacial score (nSPS) is 15.9. The predicted molar refractivity (Wildman–Crippen MR) is 88.5 cm³/mol. The van der Waals surface area contributed by atoms with Gasteiger partial charge in [-0.2, -0.15) is 0 Å². The Morgan fingerprint density at radius 3 is 2.76 bits per heavy atom. The molecule has 1 saturated carbocycles. The molecule has 1 fully saturated rings. The fourth-order valence-corrected chi connectivity index (χ4v) is 3.12. The second kappa shape index (κ2) is 6.33. The molecule has 5 heteroatoms. The van der Waals surface area contributed by atoms with E-state index in [2.05, 4.69) is 55.2 Å². The maximum Gasteiger partial charge on any atom is 0.171 e. The highest BCUT2D eigenvalue weighted by molar-refractivity contribution is 14.1. The summed E-state index contributed by atoms with van der Waals surface area (Å²) in [7, 11) is 0. The molecule has 0 saturated heterocycles. The maximum absolute atomic E-state index is 5.33. The monoisotopic (exact) mass is 424 g/mol. The molecular weight excluding hydrogens is 411 g/mol. The smallest absolute Gasteiger partial charge is 0.171 e. The lowest BCUT2D eigenvalue weighted by Crippen LogP contribution is -2.36. The van der Waals surface area contributed by atoms with E-state index in [1.54, 1.807) is 0 Å². The molecule has 0 bridgehead atoms. The van der Waals surface area contributed by atoms with Crippen molar-refractivity contribution in [2.45, 2.75) is 31.7 Å². The Morgan fingerprint density at radius 1 is 1.35 bits per heavy atom. The van der Waals surface area contributed by atoms with Crippen molar-refractivity contribution in [1.29, 1.82) is 0 Å². The summed E-state index contributed by atoms with van der Waals surface area (Å²) in [5.41, 5.74) is 1.05. The zero-order chi connectivity index (χ0) is 12.3. The highest BCUT2D eigenvalue weighted by Crippen LogP contribution is 2.23. The van der Waals surface area contributed by atoms with Gasteiger partial charge in [0.2, 0.25) is 0 Å². The fraction of sp³-hybridized carbons (Fsp3) is 0.417. The molecule has 0 atom stereocenters. The maximum atomic E-state index is 5.33. The van der Waals surface area contributed by atoms with Crippen LogP contribution >= 0.6 is 50.7 Å². The molecule has 1 aliphatic rings. The van der Waals surface area contributed by atoms with Gasteiger partial charge in [-0.3, -0.25) is 0 Å². The number of rotatable bonds is 2. The van der Waals surface area contributed by atoms with Crippen LogP contribution in [0.2, 0.25) is 0 Å². The van der Waals surface area contributed by atoms with Gasteiger partial charge in [-0.05, 0) is 65.8 Å². The van der Waals surface area contributed by atoms with Crippen molar-refractivity contribution in [3.05, 3.63) is 26.2 Å². The van der Waals surface area contributed by atoms with Crippen LogP contribution in [0.1, 0.15) is 25.7 Å². The van der Waals surface area contributed by atoms with Gasteiger partial charge in [0, 0.05) is 14.1 Å². The Morgan fingerprint density at radius 2 is 2.06 bits per heavy atom. The van der Waals surface area contributed by atoms with Gasteiger partial charge in [-0.25, -0.2) is 0 Å². The van der Waals surface area contributed by atoms with Crippen LogP contribution in [0.3, 0.4) is 0 Å². The number of halogens is 2. The molecule has 0 aliphatic heterocycles. The number of nitrogens with one attached hydrogen (secondary N) is 2. The van der Waals surface area contributed by atoms with Crippen molar-refractivity contribution in [2.75, 3.05) is 5.32 Å². The van der Waals surface area contributed by atoms with Crippen molar-refractivity contribution >= 4 is 61.5 Å². The van der Waals surface area contributed by atoms with Crippen LogP contribution in [0.25, 0.3) is 0 Å². The molecule has 0 heterocycles. The first-order valence-electron chi connectivity index (χ1n) is 5.68. The second-order valence-electron chi connectivity index (χ2n) is 4.20. The summed E-state index contributed by atoms with van der Waals surface area (Å²) in [6.45, 7) is 0. The molecule has 0 unspecified atom stereocenters. The zero-order valence-corrected chi connectivity index (χ0v) is 13.9. The molecule has 2 nitrogen and oxygen atoms in total. The molecule has 0 radical (unpaired) electrons. The summed E-state index contributed by atoms with van der Waals surface area (Å²) in [5.74, 6) is 0. The van der Waals surface area contributed by atoms with Crippen molar-refractivity contribution in [1.82, 2.24) is 5.32 Å². The first kappa shape index (κ1) is 13.5. The minimum Gasteiger partial charge on any atom is -0.360 e. The predicted octanol–water partition coefficient (Wildman–Crippen LogP) is 4.28. The average Bonchev–Trinajstić information content (AvgIpc) is 2.76. The molecular formula is C12H14BrIN2S. The van der Waals surface area contributed by atoms with Gasteiger partial charge >= 0.3 is 0 Å². The van der Waals surface area contributed by atoms with Gasteiger partial charge in [0.1, 0.15) is 0 Å². The van der Waals surface area contributed by atoms with Crippen LogP contribution in [0.15, 0.2) is 22.7 Å². The third kappa shape index (κ3) is 4.06. The van der Waals surface area contributed by atoms with Gasteiger partial charge in [0.25, 0.3) is 0 Å². The number of hydrogen-bond acceptors (Lipinski definition) is 1. The summed E-state index contributed by atoms with van der Waals surface area (Å²) in [6.07, 6.45) is 5.10. The lowest BCUT2D eigenvalue weighted by atomic mass is 10.2. The Kier molecular flexibility index (Phi) is 5.05. The van der Waals surface area contributed by atoms with E-state index in [4.69, 9.17) is 12.2 Å². The minimum absolute atomic E-state index is 0.555. The highest BCUT2D eigenvalue weighted by Gasteiger charge is 2.15. The Labute approximate surface area is 129 Å². The summed E-state index contributed by atoms with van der Waals surface area (Å²) in [6, 6.07) is 6.69. The topological polar surface area (TPSA) is 24.1 Å². The van der Waals surface area contributed by atoms with E-state index in [0.717, 1.165) is 15.3 Å². The quantitative estimate of drug-likeness (QED) is 0.547. The molecule has 2 N–H and O–H groups in total. The Bertz CT molecular complexity index is 419. The molecule has 0 spiro atoms. The summed E-state index contributed by atoms with van der Waals surface area (Å²) in [5, 5.41) is 7.37. The third-order valence-corrected chi connectivity index (χ3v) is 4.52. The van der Waals surface area contributed by atoms with Crippen molar-refractivity contribution in [3.8, 4) is 0 Å². The Balaban J connectivity index is 1.95. The molecule has 92 valence electrons. The first-order valence-corrected chi connectivity index (χ1v) is 7.96. The number of anilines is 1. The van der Waals surface area contributed by atoms with Crippen molar-refractivity contribution in [2.24, 2.45) is 0 Å². The molecule has 1 aliphatic carbocycles. The SMILES string of the molecule is S=C(Nc1cc(Br)ccc1I)NC1CCCC1. The van der Waals surface area contributed by atoms with Gasteiger partial charge in [-0.1, -0.05) is 28.8 Å². The highest BCUT2D eigenvalue weighted by atomic mass is 127. The van der Waals surface area contributed by atoms with Gasteiger partial charge in [0.15, 0.2) is 5.11 Å². The van der Waals surface area contributed by atoms with Crippen molar-refractivity contribution in [3.63, 3.8) is 0 Å². The second-order valence-corrected chi connectivity index (χ2v) is 6.69. The van der Waals surface area contributed by atoms with Crippen LogP contribution in [-0.2, 0) is 0 Å². The van der Waals surface area contributed by atoms with E-state index in [1.807, 2.05) is 12.1 Å². The number of benzene rings is 1. The van der Waals surface area contributed by atoms with Crippen LogP contribution in [-0.4, -0.2) is 11.2 Å². The third-order valence-electron chi connectivity index (χ3n) is 2.87. The number of hydrogen-bond donors (Lipinski definition) is 2. The lowest BCUT2D eigenvalue weighted by molar-refractivity contribution is 0.634. The van der Waals surface area contributed by atoms with Crippen LogP contribution in [0, 0.1) is 3.57 Å². The first-order chi connectivity index (χ1) is 8.15. The van der Waals surface area contributed by atoms with Gasteiger partial charge < -0.3 is 10.6 Å². The van der Waals surface area contributed by atoms with Gasteiger partial charge in [0.05, 0.1) is 5.69 Å². The largest absolute Gasteiger partial charge is 0.360 e. The van der Waals surface area contributed by atoms with Crippen LogP contribution in [0.4, 0.5) is 5.69 Å². The standard InChI is InChI=1S/C12H14BrIN2S/c13-8-5-6-10(14)11(7-8)16-12(17)15-9-3-1-2-4-9/h5-7,9H,1-4H2,(H2,15,16,17). The van der Waals surface area contributed by atoms with E-state index < -0.39 is 0 Å². The van der Waals surface area contributed by atoms with E-state index >= 15 is 0 Å². The summed E-state index contributed by atoms with van der Waals surface area (Å²) in [4.78, 5) is 0. The molecule has 1 aromatic carbocycles. The minimum atomic E-state index is 0.555. The van der Waals surface area contributed by atoms with E-state index in [1.165, 1.54) is 29.3 Å². The van der Waals surface area contributed by atoms with Gasteiger partial charge in [-0.15, -0.1) is 0 Å². The molecule has 0 amide bonds. The zero-order valence-electron chi connectivity index (χ0n) is 9.30.